The first kappa shape index (κ1) is 16.8. The smallest absolute Gasteiger partial charge is 0.231 e. The van der Waals surface area contributed by atoms with Crippen molar-refractivity contribution in [2.24, 2.45) is 4.99 Å². The number of halogens is 1. The van der Waals surface area contributed by atoms with E-state index in [1.165, 1.54) is 0 Å². The molecule has 2 heterocycles. The van der Waals surface area contributed by atoms with Crippen LogP contribution in [0.4, 0.5) is 5.95 Å². The van der Waals surface area contributed by atoms with Crippen LogP contribution in [0.25, 0.3) is 11.0 Å². The predicted octanol–water partition coefficient (Wildman–Crippen LogP) is 5.22. The molecule has 0 radical (unpaired) electrons. The summed E-state index contributed by atoms with van der Waals surface area (Å²) < 4.78 is 12.9. The highest BCUT2D eigenvalue weighted by Gasteiger charge is 2.14. The van der Waals surface area contributed by atoms with Crippen molar-refractivity contribution in [1.82, 2.24) is 9.55 Å². The van der Waals surface area contributed by atoms with Crippen molar-refractivity contribution in [2.45, 2.75) is 6.54 Å². The zero-order valence-corrected chi connectivity index (χ0v) is 15.6. The molecule has 0 saturated heterocycles. The van der Waals surface area contributed by atoms with Gasteiger partial charge in [0, 0.05) is 11.2 Å². The molecule has 6 heteroatoms. The second kappa shape index (κ2) is 7.02. The summed E-state index contributed by atoms with van der Waals surface area (Å²) in [7, 11) is 0. The summed E-state index contributed by atoms with van der Waals surface area (Å²) in [5.74, 6) is 2.11. The summed E-state index contributed by atoms with van der Waals surface area (Å²) in [6.45, 7) is 0.845. The lowest BCUT2D eigenvalue weighted by molar-refractivity contribution is 0.174. The molecular formula is C22H16ClN3O2. The van der Waals surface area contributed by atoms with E-state index in [0.717, 1.165) is 38.7 Å². The molecule has 0 aliphatic carbocycles. The van der Waals surface area contributed by atoms with E-state index >= 15 is 0 Å². The maximum absolute atomic E-state index is 6.37. The fraction of sp³-hybridized carbons (Fsp3) is 0.0909. The third-order valence-corrected chi connectivity index (χ3v) is 5.02. The SMILES string of the molecule is Clc1ccccc1Cn1c(/N=C/c2ccc3c(c2)OCO3)nc2ccccc21. The fourth-order valence-electron chi connectivity index (χ4n) is 3.24. The van der Waals surface area contributed by atoms with Gasteiger partial charge in [-0.2, -0.15) is 0 Å². The lowest BCUT2D eigenvalue weighted by atomic mass is 10.2. The van der Waals surface area contributed by atoms with E-state index in [-0.39, 0.29) is 6.79 Å². The molecule has 1 aromatic heterocycles. The number of hydrogen-bond donors (Lipinski definition) is 0. The Morgan fingerprint density at radius 2 is 1.82 bits per heavy atom. The van der Waals surface area contributed by atoms with Crippen molar-refractivity contribution in [3.8, 4) is 11.5 Å². The van der Waals surface area contributed by atoms with Crippen LogP contribution in [0, 0.1) is 0 Å². The zero-order valence-electron chi connectivity index (χ0n) is 14.9. The largest absolute Gasteiger partial charge is 0.454 e. The van der Waals surface area contributed by atoms with Gasteiger partial charge in [0.1, 0.15) is 0 Å². The number of ether oxygens (including phenoxy) is 2. The minimum atomic E-state index is 0.254. The van der Waals surface area contributed by atoms with E-state index in [1.807, 2.05) is 66.7 Å². The molecule has 1 aliphatic heterocycles. The highest BCUT2D eigenvalue weighted by molar-refractivity contribution is 6.31. The van der Waals surface area contributed by atoms with Gasteiger partial charge in [0.25, 0.3) is 0 Å². The normalized spacial score (nSPS) is 12.9. The monoisotopic (exact) mass is 389 g/mol. The van der Waals surface area contributed by atoms with E-state index in [4.69, 9.17) is 26.1 Å². The van der Waals surface area contributed by atoms with Crippen molar-refractivity contribution >= 4 is 34.8 Å². The molecule has 5 rings (SSSR count). The van der Waals surface area contributed by atoms with Crippen LogP contribution in [0.15, 0.2) is 71.7 Å². The highest BCUT2D eigenvalue weighted by Crippen LogP contribution is 2.32. The first-order valence-corrected chi connectivity index (χ1v) is 9.28. The van der Waals surface area contributed by atoms with Gasteiger partial charge in [0.15, 0.2) is 11.5 Å². The van der Waals surface area contributed by atoms with E-state index in [0.29, 0.717) is 12.5 Å². The number of benzene rings is 3. The molecule has 0 spiro atoms. The Balaban J connectivity index is 1.54. The molecule has 0 saturated carbocycles. The number of rotatable bonds is 4. The number of para-hydroxylation sites is 2. The summed E-state index contributed by atoms with van der Waals surface area (Å²) >= 11 is 6.37. The molecule has 28 heavy (non-hydrogen) atoms. The quantitative estimate of drug-likeness (QED) is 0.450. The average molecular weight is 390 g/mol. The topological polar surface area (TPSA) is 48.6 Å². The van der Waals surface area contributed by atoms with E-state index in [1.54, 1.807) is 6.21 Å². The summed E-state index contributed by atoms with van der Waals surface area (Å²) in [4.78, 5) is 9.34. The van der Waals surface area contributed by atoms with Crippen molar-refractivity contribution in [3.05, 3.63) is 82.9 Å². The van der Waals surface area contributed by atoms with Crippen LogP contribution in [-0.2, 0) is 6.54 Å². The summed E-state index contributed by atoms with van der Waals surface area (Å²) in [6.07, 6.45) is 1.78. The molecule has 5 nitrogen and oxygen atoms in total. The number of aliphatic imine (C=N–C) groups is 1. The third-order valence-electron chi connectivity index (χ3n) is 4.65. The van der Waals surface area contributed by atoms with Crippen molar-refractivity contribution in [2.75, 3.05) is 6.79 Å². The second-order valence-corrected chi connectivity index (χ2v) is 6.86. The standard InChI is InChI=1S/C22H16ClN3O2/c23-17-6-2-1-5-16(17)13-26-19-8-4-3-7-18(19)25-22(26)24-12-15-9-10-20-21(11-15)28-14-27-20/h1-12H,13-14H2/b24-12+. The zero-order chi connectivity index (χ0) is 18.9. The molecule has 0 unspecified atom stereocenters. The fourth-order valence-corrected chi connectivity index (χ4v) is 3.44. The maximum Gasteiger partial charge on any atom is 0.231 e. The van der Waals surface area contributed by atoms with Crippen LogP contribution in [0.3, 0.4) is 0 Å². The highest BCUT2D eigenvalue weighted by atomic mass is 35.5. The third kappa shape index (κ3) is 3.10. The van der Waals surface area contributed by atoms with Crippen LogP contribution < -0.4 is 9.47 Å². The van der Waals surface area contributed by atoms with Gasteiger partial charge in [0.2, 0.25) is 12.7 Å². The van der Waals surface area contributed by atoms with Gasteiger partial charge in [-0.05, 0) is 47.5 Å². The predicted molar refractivity (Wildman–Crippen MR) is 110 cm³/mol. The first-order chi connectivity index (χ1) is 13.8. The number of hydrogen-bond acceptors (Lipinski definition) is 4. The molecule has 138 valence electrons. The van der Waals surface area contributed by atoms with E-state index in [2.05, 4.69) is 9.56 Å². The summed E-state index contributed by atoms with van der Waals surface area (Å²) in [5.41, 5.74) is 3.85. The number of nitrogens with zero attached hydrogens (tertiary/aromatic N) is 3. The molecule has 4 aromatic rings. The molecule has 0 amide bonds. The Hall–Kier alpha value is -3.31. The average Bonchev–Trinajstić information content (AvgIpc) is 3.32. The molecule has 0 N–H and O–H groups in total. The number of aromatic nitrogens is 2. The van der Waals surface area contributed by atoms with E-state index in [9.17, 15) is 0 Å². The first-order valence-electron chi connectivity index (χ1n) is 8.90. The maximum atomic E-state index is 6.37. The molecule has 0 atom stereocenters. The van der Waals surface area contributed by atoms with Crippen LogP contribution >= 0.6 is 11.6 Å². The Kier molecular flexibility index (Phi) is 4.22. The van der Waals surface area contributed by atoms with Crippen molar-refractivity contribution < 1.29 is 9.47 Å². The Bertz CT molecular complexity index is 1200. The molecular weight excluding hydrogens is 374 g/mol. The lowest BCUT2D eigenvalue weighted by Gasteiger charge is -2.08. The van der Waals surface area contributed by atoms with Crippen molar-refractivity contribution in [1.29, 1.82) is 0 Å². The Morgan fingerprint density at radius 1 is 1.00 bits per heavy atom. The number of fused-ring (bicyclic) bond motifs is 2. The molecule has 3 aromatic carbocycles. The Morgan fingerprint density at radius 3 is 2.75 bits per heavy atom. The summed E-state index contributed by atoms with van der Waals surface area (Å²) in [5, 5.41) is 0.728. The van der Waals surface area contributed by atoms with Gasteiger partial charge >= 0.3 is 0 Å². The van der Waals surface area contributed by atoms with Gasteiger partial charge in [0.05, 0.1) is 17.6 Å². The summed E-state index contributed by atoms with van der Waals surface area (Å²) in [6, 6.07) is 21.6. The van der Waals surface area contributed by atoms with Crippen molar-refractivity contribution in [3.63, 3.8) is 0 Å². The van der Waals surface area contributed by atoms with Crippen LogP contribution in [-0.4, -0.2) is 22.6 Å². The minimum absolute atomic E-state index is 0.254. The molecule has 0 fully saturated rings. The second-order valence-electron chi connectivity index (χ2n) is 6.45. The van der Waals surface area contributed by atoms with Gasteiger partial charge in [-0.15, -0.1) is 0 Å². The van der Waals surface area contributed by atoms with Crippen LogP contribution in [0.1, 0.15) is 11.1 Å². The van der Waals surface area contributed by atoms with Gasteiger partial charge in [-0.25, -0.2) is 9.98 Å². The lowest BCUT2D eigenvalue weighted by Crippen LogP contribution is -2.00. The van der Waals surface area contributed by atoms with Crippen LogP contribution in [0.5, 0.6) is 11.5 Å². The molecule has 1 aliphatic rings. The van der Waals surface area contributed by atoms with Gasteiger partial charge < -0.3 is 14.0 Å². The van der Waals surface area contributed by atoms with Crippen LogP contribution in [0.2, 0.25) is 5.02 Å². The van der Waals surface area contributed by atoms with Gasteiger partial charge in [-0.1, -0.05) is 41.9 Å². The number of imidazole rings is 1. The van der Waals surface area contributed by atoms with E-state index < -0.39 is 0 Å². The Labute approximate surface area is 166 Å². The van der Waals surface area contributed by atoms with Gasteiger partial charge in [-0.3, -0.25) is 0 Å². The molecule has 0 bridgehead atoms. The minimum Gasteiger partial charge on any atom is -0.454 e.